The minimum atomic E-state index is -5.92. The van der Waals surface area contributed by atoms with Gasteiger partial charge in [-0.2, -0.15) is 22.0 Å². The summed E-state index contributed by atoms with van der Waals surface area (Å²) in [6.45, 7) is 2.08. The lowest BCUT2D eigenvalue weighted by molar-refractivity contribution is -0.320. The molecule has 2 saturated carbocycles. The Hall–Kier alpha value is -0.490. The van der Waals surface area contributed by atoms with Crippen LogP contribution in [0.4, 0.5) is 30.7 Å². The fraction of sp³-hybridized carbons (Fsp3) is 1.00. The fourth-order valence-corrected chi connectivity index (χ4v) is 3.98. The second-order valence-corrected chi connectivity index (χ2v) is 6.93. The summed E-state index contributed by atoms with van der Waals surface area (Å²) in [5.41, 5.74) is 0. The molecule has 0 aromatic rings. The van der Waals surface area contributed by atoms with Crippen molar-refractivity contribution in [3.05, 3.63) is 0 Å². The molecule has 2 fully saturated rings. The highest BCUT2D eigenvalue weighted by atomic mass is 19.4. The van der Waals surface area contributed by atoms with E-state index in [1.165, 1.54) is 0 Å². The van der Waals surface area contributed by atoms with Crippen molar-refractivity contribution in [3.8, 4) is 0 Å². The SMILES string of the molecule is CC1CCC(C2CC(F)C(C(F)(F)C(F)(F)F)C(F)C2)CC1. The fourth-order valence-electron chi connectivity index (χ4n) is 3.98. The summed E-state index contributed by atoms with van der Waals surface area (Å²) >= 11 is 0. The molecule has 2 aliphatic carbocycles. The zero-order chi connectivity index (χ0) is 16.7. The van der Waals surface area contributed by atoms with Crippen LogP contribution in [-0.2, 0) is 0 Å². The average molecular weight is 334 g/mol. The van der Waals surface area contributed by atoms with Crippen molar-refractivity contribution < 1.29 is 30.7 Å². The van der Waals surface area contributed by atoms with Gasteiger partial charge in [0.2, 0.25) is 0 Å². The number of alkyl halides is 7. The Labute approximate surface area is 125 Å². The Morgan fingerprint density at radius 2 is 1.18 bits per heavy atom. The van der Waals surface area contributed by atoms with Crippen molar-refractivity contribution in [1.82, 2.24) is 0 Å². The predicted molar refractivity (Wildman–Crippen MR) is 68.1 cm³/mol. The molecule has 0 amide bonds. The van der Waals surface area contributed by atoms with Crippen molar-refractivity contribution in [2.24, 2.45) is 23.7 Å². The first-order chi connectivity index (χ1) is 10.0. The molecule has 2 unspecified atom stereocenters. The highest BCUT2D eigenvalue weighted by Gasteiger charge is 2.67. The van der Waals surface area contributed by atoms with Crippen LogP contribution in [0.3, 0.4) is 0 Å². The molecule has 2 rings (SSSR count). The third-order valence-corrected chi connectivity index (χ3v) is 5.36. The monoisotopic (exact) mass is 334 g/mol. The van der Waals surface area contributed by atoms with Gasteiger partial charge in [-0.05, 0) is 43.4 Å². The maximum Gasteiger partial charge on any atom is 0.453 e. The molecule has 0 aromatic heterocycles. The molecule has 2 atom stereocenters. The summed E-state index contributed by atoms with van der Waals surface area (Å²) < 4.78 is 91.8. The zero-order valence-corrected chi connectivity index (χ0v) is 12.4. The van der Waals surface area contributed by atoms with Crippen molar-refractivity contribution in [2.45, 2.75) is 69.9 Å². The van der Waals surface area contributed by atoms with E-state index in [-0.39, 0.29) is 5.92 Å². The summed E-state index contributed by atoms with van der Waals surface area (Å²) in [7, 11) is 0. The van der Waals surface area contributed by atoms with Crippen LogP contribution < -0.4 is 0 Å². The molecule has 0 N–H and O–H groups in total. The quantitative estimate of drug-likeness (QED) is 0.567. The van der Waals surface area contributed by atoms with Crippen molar-refractivity contribution in [3.63, 3.8) is 0 Å². The zero-order valence-electron chi connectivity index (χ0n) is 12.4. The van der Waals surface area contributed by atoms with Gasteiger partial charge in [-0.3, -0.25) is 0 Å². The van der Waals surface area contributed by atoms with E-state index in [1.807, 2.05) is 0 Å². The molecule has 0 saturated heterocycles. The summed E-state index contributed by atoms with van der Waals surface area (Å²) in [6, 6.07) is 0. The Balaban J connectivity index is 2.06. The third kappa shape index (κ3) is 3.37. The van der Waals surface area contributed by atoms with Gasteiger partial charge in [-0.15, -0.1) is 0 Å². The van der Waals surface area contributed by atoms with E-state index >= 15 is 0 Å². The first-order valence-electron chi connectivity index (χ1n) is 7.76. The van der Waals surface area contributed by atoms with Crippen LogP contribution in [0, 0.1) is 23.7 Å². The molecule has 0 radical (unpaired) electrons. The smallest absolute Gasteiger partial charge is 0.247 e. The van der Waals surface area contributed by atoms with Crippen LogP contribution in [0.25, 0.3) is 0 Å². The number of hydrogen-bond donors (Lipinski definition) is 0. The molecule has 0 bridgehead atoms. The van der Waals surface area contributed by atoms with Gasteiger partial charge in [0.05, 0.1) is 5.92 Å². The molecule has 0 heterocycles. The summed E-state index contributed by atoms with van der Waals surface area (Å²) in [5, 5.41) is 0. The van der Waals surface area contributed by atoms with Gasteiger partial charge in [0.1, 0.15) is 12.3 Å². The van der Waals surface area contributed by atoms with E-state index in [9.17, 15) is 30.7 Å². The minimum Gasteiger partial charge on any atom is -0.247 e. The van der Waals surface area contributed by atoms with Gasteiger partial charge in [0.25, 0.3) is 0 Å². The number of halogens is 7. The normalized spacial score (nSPS) is 41.5. The van der Waals surface area contributed by atoms with Gasteiger partial charge >= 0.3 is 12.1 Å². The van der Waals surface area contributed by atoms with Crippen LogP contribution in [0.15, 0.2) is 0 Å². The van der Waals surface area contributed by atoms with Crippen LogP contribution in [0.2, 0.25) is 0 Å². The van der Waals surface area contributed by atoms with E-state index < -0.39 is 49.1 Å². The first-order valence-corrected chi connectivity index (χ1v) is 7.76. The highest BCUT2D eigenvalue weighted by Crippen LogP contribution is 2.51. The van der Waals surface area contributed by atoms with Crippen molar-refractivity contribution >= 4 is 0 Å². The molecule has 0 spiro atoms. The molecular weight excluding hydrogens is 313 g/mol. The Kier molecular flexibility index (Phi) is 5.03. The maximum absolute atomic E-state index is 14.0. The first kappa shape index (κ1) is 17.9. The Bertz CT molecular complexity index is 359. The second-order valence-electron chi connectivity index (χ2n) is 6.93. The number of rotatable bonds is 2. The molecule has 0 aliphatic heterocycles. The van der Waals surface area contributed by atoms with Gasteiger partial charge in [0, 0.05) is 0 Å². The van der Waals surface area contributed by atoms with Crippen LogP contribution in [0.1, 0.15) is 45.4 Å². The van der Waals surface area contributed by atoms with E-state index in [0.717, 1.165) is 25.7 Å². The van der Waals surface area contributed by atoms with Gasteiger partial charge in [0.15, 0.2) is 0 Å². The summed E-state index contributed by atoms with van der Waals surface area (Å²) in [5.74, 6) is -8.10. The maximum atomic E-state index is 14.0. The lowest BCUT2D eigenvalue weighted by Crippen LogP contribution is -2.54. The standard InChI is InChI=1S/C15H21F7/c1-8-2-4-9(5-3-8)10-6-11(16)13(12(17)7-10)14(18,19)15(20,21)22/h8-13H,2-7H2,1H3. The number of hydrogen-bond acceptors (Lipinski definition) is 0. The lowest BCUT2D eigenvalue weighted by atomic mass is 9.67. The van der Waals surface area contributed by atoms with Crippen LogP contribution in [0.5, 0.6) is 0 Å². The lowest BCUT2D eigenvalue weighted by Gasteiger charge is -2.42. The molecule has 2 aliphatic rings. The van der Waals surface area contributed by atoms with E-state index in [4.69, 9.17) is 0 Å². The van der Waals surface area contributed by atoms with Crippen molar-refractivity contribution in [2.75, 3.05) is 0 Å². The summed E-state index contributed by atoms with van der Waals surface area (Å²) in [6.07, 6.45) is -8.24. The minimum absolute atomic E-state index is 0.0353. The van der Waals surface area contributed by atoms with Crippen LogP contribution in [-0.4, -0.2) is 24.4 Å². The van der Waals surface area contributed by atoms with Gasteiger partial charge in [-0.25, -0.2) is 8.78 Å². The van der Waals surface area contributed by atoms with E-state index in [0.29, 0.717) is 5.92 Å². The van der Waals surface area contributed by atoms with Gasteiger partial charge in [-0.1, -0.05) is 19.8 Å². The molecular formula is C15H21F7. The molecule has 0 aromatic carbocycles. The average Bonchev–Trinajstić information content (AvgIpc) is 2.36. The molecule has 7 heteroatoms. The highest BCUT2D eigenvalue weighted by molar-refractivity contribution is 4.99. The van der Waals surface area contributed by atoms with E-state index in [1.54, 1.807) is 0 Å². The van der Waals surface area contributed by atoms with Crippen LogP contribution >= 0.6 is 0 Å². The summed E-state index contributed by atoms with van der Waals surface area (Å²) in [4.78, 5) is 0. The molecule has 0 nitrogen and oxygen atoms in total. The Morgan fingerprint density at radius 1 is 0.727 bits per heavy atom. The largest absolute Gasteiger partial charge is 0.453 e. The predicted octanol–water partition coefficient (Wildman–Crippen LogP) is 5.71. The Morgan fingerprint density at radius 3 is 1.59 bits per heavy atom. The molecule has 130 valence electrons. The topological polar surface area (TPSA) is 0 Å². The molecule has 22 heavy (non-hydrogen) atoms. The van der Waals surface area contributed by atoms with Crippen molar-refractivity contribution in [1.29, 1.82) is 0 Å². The van der Waals surface area contributed by atoms with E-state index in [2.05, 4.69) is 6.92 Å². The second kappa shape index (κ2) is 6.19. The van der Waals surface area contributed by atoms with Gasteiger partial charge < -0.3 is 0 Å². The third-order valence-electron chi connectivity index (χ3n) is 5.36.